The zero-order chi connectivity index (χ0) is 18.1. The van der Waals surface area contributed by atoms with E-state index in [1.54, 1.807) is 6.07 Å². The Balaban J connectivity index is 0.00000312. The monoisotopic (exact) mass is 376 g/mol. The molecule has 0 aliphatic carbocycles. The number of phenols is 2. The van der Waals surface area contributed by atoms with E-state index in [0.717, 1.165) is 14.2 Å². The average Bonchev–Trinajstić information content (AvgIpc) is 2.55. The summed E-state index contributed by atoms with van der Waals surface area (Å²) in [4.78, 5) is 11.5. The molecule has 0 fully saturated rings. The summed E-state index contributed by atoms with van der Waals surface area (Å²) in [5.74, 6) is -4.22. The molecule has 0 aliphatic rings. The van der Waals surface area contributed by atoms with Gasteiger partial charge in [-0.05, 0) is 0 Å². The maximum absolute atomic E-state index is 12.6. The molecule has 2 N–H and O–H groups in total. The number of methoxy groups -OCH3 is 2. The molecule has 0 spiro atoms. The van der Waals surface area contributed by atoms with Crippen molar-refractivity contribution in [3.05, 3.63) is 41.5 Å². The number of carbonyl (C=O) groups excluding carboxylic acids is 1. The quantitative estimate of drug-likeness (QED) is 0.272. The first-order valence-corrected chi connectivity index (χ1v) is 7.90. The number of hydrogen-bond donors (Lipinski definition) is 2. The van der Waals surface area contributed by atoms with Crippen molar-refractivity contribution < 1.29 is 67.0 Å². The second-order valence-electron chi connectivity index (χ2n) is 4.62. The third-order valence-electron chi connectivity index (χ3n) is 3.24. The normalized spacial score (nSPS) is 10.7. The van der Waals surface area contributed by atoms with Crippen molar-refractivity contribution in [2.75, 3.05) is 14.2 Å². The van der Waals surface area contributed by atoms with Crippen molar-refractivity contribution in [1.29, 1.82) is 0 Å². The van der Waals surface area contributed by atoms with Crippen LogP contribution in [0.2, 0.25) is 0 Å². The Labute approximate surface area is 166 Å². The molecule has 128 valence electrons. The Hall–Kier alpha value is -1.78. The Morgan fingerprint density at radius 1 is 1.00 bits per heavy atom. The van der Waals surface area contributed by atoms with Crippen LogP contribution < -0.4 is 39.0 Å². The van der Waals surface area contributed by atoms with Gasteiger partial charge in [-0.1, -0.05) is 30.3 Å². The molecule has 0 amide bonds. The number of carbonyl (C=O) groups is 1. The van der Waals surface area contributed by atoms with E-state index in [1.165, 1.54) is 24.3 Å². The summed E-state index contributed by atoms with van der Waals surface area (Å²) >= 11 is 0. The van der Waals surface area contributed by atoms with E-state index < -0.39 is 49.4 Å². The van der Waals surface area contributed by atoms with Crippen molar-refractivity contribution in [2.45, 2.75) is 4.90 Å². The maximum Gasteiger partial charge on any atom is 1.00 e. The first kappa shape index (κ1) is 21.3. The molecular weight excluding hydrogens is 363 g/mol. The van der Waals surface area contributed by atoms with Gasteiger partial charge in [0.05, 0.1) is 19.8 Å². The van der Waals surface area contributed by atoms with Gasteiger partial charge in [-0.15, -0.1) is 0 Å². The van der Waals surface area contributed by atoms with Gasteiger partial charge in [0.25, 0.3) is 0 Å². The number of phenolic OH excluding ortho intramolecular Hbond substituents is 2. The molecule has 0 bridgehead atoms. The summed E-state index contributed by atoms with van der Waals surface area (Å²) in [6.45, 7) is 0. The van der Waals surface area contributed by atoms with E-state index in [1.807, 2.05) is 0 Å². The third kappa shape index (κ3) is 3.91. The van der Waals surface area contributed by atoms with E-state index >= 15 is 0 Å². The number of rotatable bonds is 5. The summed E-state index contributed by atoms with van der Waals surface area (Å²) in [6.07, 6.45) is 0. The number of benzene rings is 2. The van der Waals surface area contributed by atoms with Crippen LogP contribution in [0.1, 0.15) is 15.9 Å². The van der Waals surface area contributed by atoms with Gasteiger partial charge < -0.3 is 24.2 Å². The Morgan fingerprint density at radius 3 is 1.96 bits per heavy atom. The fourth-order valence-corrected chi connectivity index (χ4v) is 3.06. The average molecular weight is 376 g/mol. The van der Waals surface area contributed by atoms with Gasteiger partial charge in [-0.2, -0.15) is 0 Å². The molecule has 2 aromatic carbocycles. The molecule has 0 unspecified atom stereocenters. The van der Waals surface area contributed by atoms with Crippen molar-refractivity contribution in [3.8, 4) is 23.0 Å². The van der Waals surface area contributed by atoms with Crippen LogP contribution in [0.4, 0.5) is 0 Å². The minimum absolute atomic E-state index is 0. The number of ketones is 1. The van der Waals surface area contributed by atoms with Crippen molar-refractivity contribution >= 4 is 15.9 Å². The molecule has 2 rings (SSSR count). The van der Waals surface area contributed by atoms with Crippen molar-refractivity contribution in [2.24, 2.45) is 0 Å². The van der Waals surface area contributed by atoms with E-state index in [4.69, 9.17) is 9.47 Å². The number of aromatic hydroxyl groups is 2. The molecule has 0 saturated heterocycles. The third-order valence-corrected chi connectivity index (χ3v) is 4.13. The van der Waals surface area contributed by atoms with Crippen molar-refractivity contribution in [1.82, 2.24) is 0 Å². The van der Waals surface area contributed by atoms with E-state index in [-0.39, 0.29) is 35.1 Å². The summed E-state index contributed by atoms with van der Waals surface area (Å²) in [6, 6.07) is 7.36. The van der Waals surface area contributed by atoms with Crippen LogP contribution in [0, 0.1) is 0 Å². The molecule has 0 radical (unpaired) electrons. The van der Waals surface area contributed by atoms with Crippen LogP contribution in [0.15, 0.2) is 35.2 Å². The van der Waals surface area contributed by atoms with Gasteiger partial charge in [-0.3, -0.25) is 4.79 Å². The Bertz CT molecular complexity index is 894. The van der Waals surface area contributed by atoms with Crippen LogP contribution in [-0.4, -0.2) is 43.2 Å². The molecule has 0 aromatic heterocycles. The molecule has 2 aromatic rings. The number of hydrogen-bond acceptors (Lipinski definition) is 8. The second-order valence-corrected chi connectivity index (χ2v) is 5.93. The molecule has 25 heavy (non-hydrogen) atoms. The maximum atomic E-state index is 12.6. The molecule has 0 aliphatic heterocycles. The zero-order valence-electron chi connectivity index (χ0n) is 13.6. The summed E-state index contributed by atoms with van der Waals surface area (Å²) in [5.41, 5.74) is -0.879. The first-order valence-electron chi connectivity index (χ1n) is 6.49. The second kappa shape index (κ2) is 8.07. The Kier molecular flexibility index (Phi) is 6.86. The van der Waals surface area contributed by atoms with E-state index in [2.05, 4.69) is 0 Å². The standard InChI is InChI=1S/C15H14O8S.Na/c1-22-13-12(18)11(17)9(10(16)8-6-4-3-5-7-8)15(14(13)23-2)24(19,20)21;/h3-7,17-18H,1-2H3,(H,19,20,21);/q;+1/p-1. The van der Waals surface area contributed by atoms with Gasteiger partial charge >= 0.3 is 29.6 Å². The minimum atomic E-state index is -5.25. The first-order chi connectivity index (χ1) is 11.2. The molecular formula is C15H13NaO8S. The largest absolute Gasteiger partial charge is 1.00 e. The zero-order valence-corrected chi connectivity index (χ0v) is 16.5. The Morgan fingerprint density at radius 2 is 1.52 bits per heavy atom. The predicted octanol–water partition coefficient (Wildman–Crippen LogP) is -1.75. The predicted molar refractivity (Wildman–Crippen MR) is 80.7 cm³/mol. The fraction of sp³-hybridized carbons (Fsp3) is 0.133. The van der Waals surface area contributed by atoms with Gasteiger partial charge in [0.15, 0.2) is 17.3 Å². The van der Waals surface area contributed by atoms with Gasteiger partial charge in [0.2, 0.25) is 11.5 Å². The fourth-order valence-electron chi connectivity index (χ4n) is 2.22. The van der Waals surface area contributed by atoms with E-state index in [0.29, 0.717) is 0 Å². The van der Waals surface area contributed by atoms with Crippen LogP contribution in [-0.2, 0) is 10.1 Å². The van der Waals surface area contributed by atoms with Crippen LogP contribution >= 0.6 is 0 Å². The van der Waals surface area contributed by atoms with Crippen LogP contribution in [0.5, 0.6) is 23.0 Å². The van der Waals surface area contributed by atoms with Gasteiger partial charge in [0, 0.05) is 5.56 Å². The summed E-state index contributed by atoms with van der Waals surface area (Å²) in [5, 5.41) is 20.1. The van der Waals surface area contributed by atoms with Gasteiger partial charge in [0.1, 0.15) is 15.0 Å². The topological polar surface area (TPSA) is 133 Å². The van der Waals surface area contributed by atoms with Crippen LogP contribution in [0.3, 0.4) is 0 Å². The SMILES string of the molecule is COc1c(O)c(O)c(C(=O)c2ccccc2)c(S(=O)(=O)[O-])c1OC.[Na+]. The molecule has 0 heterocycles. The van der Waals surface area contributed by atoms with Gasteiger partial charge in [-0.25, -0.2) is 8.42 Å². The molecule has 0 atom stereocenters. The smallest absolute Gasteiger partial charge is 0.744 e. The molecule has 10 heteroatoms. The minimum Gasteiger partial charge on any atom is -0.744 e. The summed E-state index contributed by atoms with van der Waals surface area (Å²) in [7, 11) is -3.15. The molecule has 0 saturated carbocycles. The van der Waals surface area contributed by atoms with Crippen molar-refractivity contribution in [3.63, 3.8) is 0 Å². The number of ether oxygens (including phenoxy) is 2. The van der Waals surface area contributed by atoms with E-state index in [9.17, 15) is 28.0 Å². The van der Waals surface area contributed by atoms with Crippen LogP contribution in [0.25, 0.3) is 0 Å². The molecule has 8 nitrogen and oxygen atoms in total. The summed E-state index contributed by atoms with van der Waals surface area (Å²) < 4.78 is 44.6.